The van der Waals surface area contributed by atoms with Crippen LogP contribution in [-0.2, 0) is 11.3 Å². The Morgan fingerprint density at radius 1 is 1.21 bits per heavy atom. The van der Waals surface area contributed by atoms with E-state index in [0.29, 0.717) is 11.3 Å². The van der Waals surface area contributed by atoms with E-state index in [1.165, 1.54) is 24.4 Å². The van der Waals surface area contributed by atoms with Gasteiger partial charge in [-0.1, -0.05) is 12.1 Å². The summed E-state index contributed by atoms with van der Waals surface area (Å²) in [6.07, 6.45) is 1.60. The van der Waals surface area contributed by atoms with Crippen molar-refractivity contribution in [2.75, 3.05) is 6.54 Å². The van der Waals surface area contributed by atoms with Gasteiger partial charge < -0.3 is 21.1 Å². The van der Waals surface area contributed by atoms with Gasteiger partial charge in [0.1, 0.15) is 11.6 Å². The molecule has 4 N–H and O–H groups in total. The van der Waals surface area contributed by atoms with Gasteiger partial charge in [-0.15, -0.1) is 0 Å². The van der Waals surface area contributed by atoms with Crippen molar-refractivity contribution in [3.8, 4) is 11.6 Å². The molecule has 0 spiro atoms. The van der Waals surface area contributed by atoms with Crippen molar-refractivity contribution in [2.45, 2.75) is 13.0 Å². The molecule has 1 aromatic heterocycles. The fourth-order valence-corrected chi connectivity index (χ4v) is 1.83. The van der Waals surface area contributed by atoms with E-state index in [0.717, 1.165) is 0 Å². The largest absolute Gasteiger partial charge is 0.439 e. The van der Waals surface area contributed by atoms with Gasteiger partial charge in [-0.25, -0.2) is 14.2 Å². The Balaban J connectivity index is 1.94. The highest BCUT2D eigenvalue weighted by Crippen LogP contribution is 2.23. The van der Waals surface area contributed by atoms with Crippen molar-refractivity contribution < 1.29 is 18.7 Å². The summed E-state index contributed by atoms with van der Waals surface area (Å²) >= 11 is 0. The minimum absolute atomic E-state index is 0.0637. The first kappa shape index (κ1) is 17.2. The number of nitrogens with zero attached hydrogens (tertiary/aromatic N) is 1. The number of primary amides is 1. The highest BCUT2D eigenvalue weighted by atomic mass is 19.1. The predicted octanol–water partition coefficient (Wildman–Crippen LogP) is 1.69. The number of carbonyl (C=O) groups is 2. The van der Waals surface area contributed by atoms with E-state index in [1.807, 2.05) is 0 Å². The third-order valence-electron chi connectivity index (χ3n) is 2.96. The topological polar surface area (TPSA) is 106 Å². The average molecular weight is 332 g/mol. The Bertz CT molecular complexity index is 724. The first-order chi connectivity index (χ1) is 11.5. The maximum atomic E-state index is 13.2. The summed E-state index contributed by atoms with van der Waals surface area (Å²) in [5.74, 6) is -0.341. The second-order valence-electron chi connectivity index (χ2n) is 4.85. The van der Waals surface area contributed by atoms with Gasteiger partial charge in [0, 0.05) is 37.3 Å². The van der Waals surface area contributed by atoms with Crippen LogP contribution in [0.3, 0.4) is 0 Å². The van der Waals surface area contributed by atoms with Crippen LogP contribution in [0.1, 0.15) is 12.0 Å². The molecule has 0 aliphatic rings. The van der Waals surface area contributed by atoms with Crippen LogP contribution in [0.15, 0.2) is 42.6 Å². The summed E-state index contributed by atoms with van der Waals surface area (Å²) in [6.45, 7) is 0.307. The number of nitrogens with one attached hydrogen (secondary N) is 2. The van der Waals surface area contributed by atoms with Gasteiger partial charge in [0.25, 0.3) is 0 Å². The minimum Gasteiger partial charge on any atom is -0.439 e. The Hall–Kier alpha value is -3.16. The Kier molecular flexibility index (Phi) is 6.07. The molecule has 2 aromatic rings. The molecule has 0 aliphatic carbocycles. The molecule has 0 radical (unpaired) electrons. The standard InChI is InChI=1S/C16H17FN4O3/c17-12-4-1-5-13(9-12)24-15-11(3-2-7-19-15)10-21-16(23)20-8-6-14(18)22/h1-5,7,9H,6,8,10H2,(H2,18,22)(H2,20,21,23). The molecule has 0 bridgehead atoms. The first-order valence-electron chi connectivity index (χ1n) is 7.22. The SMILES string of the molecule is NC(=O)CCNC(=O)NCc1cccnc1Oc1cccc(F)c1. The molecule has 8 heteroatoms. The molecule has 0 saturated heterocycles. The zero-order chi connectivity index (χ0) is 17.4. The normalized spacial score (nSPS) is 10.0. The lowest BCUT2D eigenvalue weighted by Crippen LogP contribution is -2.36. The number of pyridine rings is 1. The number of carbonyl (C=O) groups excluding carboxylic acids is 2. The van der Waals surface area contributed by atoms with E-state index in [9.17, 15) is 14.0 Å². The van der Waals surface area contributed by atoms with Crippen molar-refractivity contribution in [2.24, 2.45) is 5.73 Å². The average Bonchev–Trinajstić information content (AvgIpc) is 2.54. The highest BCUT2D eigenvalue weighted by Gasteiger charge is 2.08. The maximum Gasteiger partial charge on any atom is 0.315 e. The zero-order valence-electron chi connectivity index (χ0n) is 12.8. The molecule has 0 fully saturated rings. The minimum atomic E-state index is -0.492. The molecule has 1 heterocycles. The number of rotatable bonds is 7. The fraction of sp³-hybridized carbons (Fsp3) is 0.188. The Morgan fingerprint density at radius 2 is 2.04 bits per heavy atom. The van der Waals surface area contributed by atoms with Crippen molar-refractivity contribution in [1.29, 1.82) is 0 Å². The molecule has 24 heavy (non-hydrogen) atoms. The van der Waals surface area contributed by atoms with E-state index in [4.69, 9.17) is 10.5 Å². The lowest BCUT2D eigenvalue weighted by atomic mass is 10.2. The van der Waals surface area contributed by atoms with E-state index >= 15 is 0 Å². The predicted molar refractivity (Wildman–Crippen MR) is 84.8 cm³/mol. The summed E-state index contributed by atoms with van der Waals surface area (Å²) in [7, 11) is 0. The van der Waals surface area contributed by atoms with Crippen LogP contribution < -0.4 is 21.1 Å². The third-order valence-corrected chi connectivity index (χ3v) is 2.96. The number of benzene rings is 1. The molecule has 0 atom stereocenters. The van der Waals surface area contributed by atoms with E-state index in [1.54, 1.807) is 18.2 Å². The molecule has 1 aromatic carbocycles. The summed E-state index contributed by atoms with van der Waals surface area (Å²) in [6, 6.07) is 8.65. The smallest absolute Gasteiger partial charge is 0.315 e. The second kappa shape index (κ2) is 8.47. The van der Waals surface area contributed by atoms with Gasteiger partial charge in [0.05, 0.1) is 0 Å². The number of ether oxygens (including phenoxy) is 1. The quantitative estimate of drug-likeness (QED) is 0.717. The summed E-state index contributed by atoms with van der Waals surface area (Å²) < 4.78 is 18.8. The monoisotopic (exact) mass is 332 g/mol. The molecule has 2 rings (SSSR count). The highest BCUT2D eigenvalue weighted by molar-refractivity contribution is 5.76. The molecule has 126 valence electrons. The Labute approximate surface area is 138 Å². The second-order valence-corrected chi connectivity index (χ2v) is 4.85. The summed E-state index contributed by atoms with van der Waals surface area (Å²) in [4.78, 5) is 26.3. The van der Waals surface area contributed by atoms with Crippen molar-refractivity contribution in [1.82, 2.24) is 15.6 Å². The number of halogens is 1. The van der Waals surface area contributed by atoms with Gasteiger partial charge in [0.2, 0.25) is 11.8 Å². The number of hydrogen-bond donors (Lipinski definition) is 3. The molecule has 0 saturated carbocycles. The van der Waals surface area contributed by atoms with Crippen molar-refractivity contribution in [3.05, 3.63) is 54.0 Å². The van der Waals surface area contributed by atoms with E-state index < -0.39 is 17.8 Å². The number of nitrogens with two attached hydrogens (primary N) is 1. The van der Waals surface area contributed by atoms with Gasteiger partial charge in [-0.3, -0.25) is 4.79 Å². The molecular weight excluding hydrogens is 315 g/mol. The molecule has 0 unspecified atom stereocenters. The van der Waals surface area contributed by atoms with Crippen LogP contribution >= 0.6 is 0 Å². The molecule has 0 aliphatic heterocycles. The van der Waals surface area contributed by atoms with Crippen LogP contribution in [0.25, 0.3) is 0 Å². The van der Waals surface area contributed by atoms with Gasteiger partial charge >= 0.3 is 6.03 Å². The molecule has 3 amide bonds. The van der Waals surface area contributed by atoms with Crippen LogP contribution in [0.2, 0.25) is 0 Å². The van der Waals surface area contributed by atoms with E-state index in [2.05, 4.69) is 15.6 Å². The molecule has 7 nitrogen and oxygen atoms in total. The van der Waals surface area contributed by atoms with E-state index in [-0.39, 0.29) is 25.4 Å². The van der Waals surface area contributed by atoms with Gasteiger partial charge in [-0.05, 0) is 18.2 Å². The van der Waals surface area contributed by atoms with Crippen LogP contribution in [0, 0.1) is 5.82 Å². The summed E-state index contributed by atoms with van der Waals surface area (Å²) in [5, 5.41) is 5.11. The van der Waals surface area contributed by atoms with Crippen LogP contribution in [0.5, 0.6) is 11.6 Å². The van der Waals surface area contributed by atoms with Crippen molar-refractivity contribution >= 4 is 11.9 Å². The number of hydrogen-bond acceptors (Lipinski definition) is 4. The first-order valence-corrected chi connectivity index (χ1v) is 7.22. The summed E-state index contributed by atoms with van der Waals surface area (Å²) in [5.41, 5.74) is 5.60. The fourth-order valence-electron chi connectivity index (χ4n) is 1.83. The number of amides is 3. The van der Waals surface area contributed by atoms with Crippen LogP contribution in [-0.4, -0.2) is 23.5 Å². The van der Waals surface area contributed by atoms with Gasteiger partial charge in [0.15, 0.2) is 0 Å². The van der Waals surface area contributed by atoms with Crippen LogP contribution in [0.4, 0.5) is 9.18 Å². The zero-order valence-corrected chi connectivity index (χ0v) is 12.8. The lowest BCUT2D eigenvalue weighted by molar-refractivity contribution is -0.117. The Morgan fingerprint density at radius 3 is 2.79 bits per heavy atom. The number of urea groups is 1. The maximum absolute atomic E-state index is 13.2. The lowest BCUT2D eigenvalue weighted by Gasteiger charge is -2.11. The van der Waals surface area contributed by atoms with Gasteiger partial charge in [-0.2, -0.15) is 0 Å². The van der Waals surface area contributed by atoms with Crippen molar-refractivity contribution in [3.63, 3.8) is 0 Å². The third kappa shape index (κ3) is 5.56. The number of aromatic nitrogens is 1. The molecular formula is C16H17FN4O3.